The largest absolute Gasteiger partial charge is 0.396 e. The summed E-state index contributed by atoms with van der Waals surface area (Å²) in [5.41, 5.74) is 4.22. The Bertz CT molecular complexity index is 863. The zero-order valence-electron chi connectivity index (χ0n) is 17.9. The molecule has 28 heavy (non-hydrogen) atoms. The van der Waals surface area contributed by atoms with E-state index in [1.165, 1.54) is 0 Å². The van der Waals surface area contributed by atoms with Gasteiger partial charge >= 0.3 is 0 Å². The van der Waals surface area contributed by atoms with Crippen molar-refractivity contribution in [3.63, 3.8) is 0 Å². The third-order valence-electron chi connectivity index (χ3n) is 6.24. The van der Waals surface area contributed by atoms with Gasteiger partial charge in [0.1, 0.15) is 0 Å². The Balaban J connectivity index is 1.90. The molecule has 3 rings (SSSR count). The van der Waals surface area contributed by atoms with Crippen LogP contribution >= 0.6 is 0 Å². The van der Waals surface area contributed by atoms with Crippen molar-refractivity contribution in [2.45, 2.75) is 66.0 Å². The zero-order chi connectivity index (χ0) is 20.6. The maximum absolute atomic E-state index is 13.4. The van der Waals surface area contributed by atoms with Gasteiger partial charge in [-0.2, -0.15) is 0 Å². The van der Waals surface area contributed by atoms with Gasteiger partial charge in [0, 0.05) is 53.7 Å². The Labute approximate surface area is 168 Å². The summed E-state index contributed by atoms with van der Waals surface area (Å²) in [5, 5.41) is 13.1. The van der Waals surface area contributed by atoms with E-state index < -0.39 is 0 Å². The normalized spacial score (nSPS) is 22.5. The second kappa shape index (κ2) is 7.70. The number of nitrogens with one attached hydrogen (secondary N) is 1. The highest BCUT2D eigenvalue weighted by molar-refractivity contribution is 6.13. The number of ketones is 1. The summed E-state index contributed by atoms with van der Waals surface area (Å²) in [5.74, 6) is 0.808. The van der Waals surface area contributed by atoms with Crippen molar-refractivity contribution >= 4 is 11.5 Å². The quantitative estimate of drug-likeness (QED) is 0.755. The fourth-order valence-electron chi connectivity index (χ4n) is 4.40. The van der Waals surface area contributed by atoms with Crippen LogP contribution in [0.15, 0.2) is 24.7 Å². The van der Waals surface area contributed by atoms with Crippen molar-refractivity contribution in [2.24, 2.45) is 11.8 Å². The van der Waals surface area contributed by atoms with Gasteiger partial charge in [-0.15, -0.1) is 0 Å². The first kappa shape index (κ1) is 20.6. The van der Waals surface area contributed by atoms with E-state index in [0.717, 1.165) is 35.3 Å². The number of carbonyl (C=O) groups is 1. The van der Waals surface area contributed by atoms with Crippen LogP contribution in [-0.2, 0) is 5.54 Å². The van der Waals surface area contributed by atoms with Crippen LogP contribution in [0.3, 0.4) is 0 Å². The van der Waals surface area contributed by atoms with Gasteiger partial charge in [-0.25, -0.2) is 0 Å². The number of rotatable bonds is 5. The number of hydrogen-bond acceptors (Lipinski definition) is 4. The molecule has 0 saturated heterocycles. The number of aliphatic hydroxyl groups excluding tert-OH is 1. The van der Waals surface area contributed by atoms with Gasteiger partial charge < -0.3 is 15.0 Å². The molecule has 152 valence electrons. The number of carbonyl (C=O) groups excluding carboxylic acids is 1. The van der Waals surface area contributed by atoms with Gasteiger partial charge in [-0.1, -0.05) is 6.92 Å². The molecule has 0 unspecified atom stereocenters. The molecule has 2 N–H and O–H groups in total. The van der Waals surface area contributed by atoms with Crippen molar-refractivity contribution in [1.82, 2.24) is 9.55 Å². The lowest BCUT2D eigenvalue weighted by Gasteiger charge is -2.23. The molecule has 0 radical (unpaired) electrons. The molecular weight excluding hydrogens is 350 g/mol. The Kier molecular flexibility index (Phi) is 5.67. The van der Waals surface area contributed by atoms with Crippen LogP contribution in [0.1, 0.15) is 67.7 Å². The van der Waals surface area contributed by atoms with Crippen molar-refractivity contribution in [1.29, 1.82) is 0 Å². The third kappa shape index (κ3) is 3.86. The van der Waals surface area contributed by atoms with Crippen LogP contribution in [0.4, 0.5) is 5.69 Å². The highest BCUT2D eigenvalue weighted by Gasteiger charge is 2.31. The third-order valence-corrected chi connectivity index (χ3v) is 6.24. The van der Waals surface area contributed by atoms with Crippen LogP contribution in [0.25, 0.3) is 0 Å². The lowest BCUT2D eigenvalue weighted by atomic mass is 10.00. The summed E-state index contributed by atoms with van der Waals surface area (Å²) in [6, 6.07) is 2.15. The molecule has 1 aliphatic carbocycles. The minimum absolute atomic E-state index is 0.00366. The molecule has 0 aromatic carbocycles. The predicted molar refractivity (Wildman–Crippen MR) is 113 cm³/mol. The van der Waals surface area contributed by atoms with Crippen LogP contribution in [0.5, 0.6) is 0 Å². The van der Waals surface area contributed by atoms with Crippen LogP contribution in [0, 0.1) is 25.7 Å². The highest BCUT2D eigenvalue weighted by atomic mass is 16.3. The molecule has 5 heteroatoms. The summed E-state index contributed by atoms with van der Waals surface area (Å²) in [7, 11) is 0. The summed E-state index contributed by atoms with van der Waals surface area (Å²) in [4.78, 5) is 17.6. The van der Waals surface area contributed by atoms with Gasteiger partial charge in [0.25, 0.3) is 0 Å². The lowest BCUT2D eigenvalue weighted by Crippen LogP contribution is -2.22. The number of hydrogen-bond donors (Lipinski definition) is 2. The van der Waals surface area contributed by atoms with Crippen molar-refractivity contribution < 1.29 is 9.90 Å². The SMILES string of the molecule is Cc1c(C(=O)c2cnccc2N[C@@H]2C[C@H](CO)[C@@H](C)C2)cn(C(C)(C)C)c1C. The first-order valence-corrected chi connectivity index (χ1v) is 10.2. The van der Waals surface area contributed by atoms with E-state index in [-0.39, 0.29) is 24.0 Å². The molecule has 2 aromatic rings. The number of aliphatic hydroxyl groups is 1. The van der Waals surface area contributed by atoms with Gasteiger partial charge in [-0.05, 0) is 70.9 Å². The zero-order valence-corrected chi connectivity index (χ0v) is 17.9. The van der Waals surface area contributed by atoms with Crippen molar-refractivity contribution in [3.8, 4) is 0 Å². The van der Waals surface area contributed by atoms with E-state index >= 15 is 0 Å². The van der Waals surface area contributed by atoms with Crippen LogP contribution in [-0.4, -0.2) is 33.1 Å². The van der Waals surface area contributed by atoms with Crippen LogP contribution in [0.2, 0.25) is 0 Å². The van der Waals surface area contributed by atoms with Gasteiger partial charge in [-0.3, -0.25) is 9.78 Å². The van der Waals surface area contributed by atoms with Gasteiger partial charge in [0.05, 0.1) is 5.56 Å². The molecule has 2 aromatic heterocycles. The fraction of sp³-hybridized carbons (Fsp3) is 0.565. The van der Waals surface area contributed by atoms with Gasteiger partial charge in [0.15, 0.2) is 5.78 Å². The fourth-order valence-corrected chi connectivity index (χ4v) is 4.40. The standard InChI is InChI=1S/C23H33N3O2/c1-14-9-18(10-17(14)13-27)25-21-7-8-24-11-19(21)22(28)20-12-26(23(4,5)6)16(3)15(20)2/h7-8,11-12,14,17-18,27H,9-10,13H2,1-6H3,(H,24,25)/t14-,17+,18-/m0/s1. The predicted octanol–water partition coefficient (Wildman–Crippen LogP) is 4.30. The van der Waals surface area contributed by atoms with Crippen LogP contribution < -0.4 is 5.32 Å². The Hall–Kier alpha value is -2.14. The van der Waals surface area contributed by atoms with E-state index in [0.29, 0.717) is 17.4 Å². The molecule has 1 saturated carbocycles. The van der Waals surface area contributed by atoms with E-state index in [9.17, 15) is 9.90 Å². The molecule has 0 spiro atoms. The average molecular weight is 384 g/mol. The van der Waals surface area contributed by atoms with Gasteiger partial charge in [0.2, 0.25) is 0 Å². The number of pyridine rings is 1. The summed E-state index contributed by atoms with van der Waals surface area (Å²) >= 11 is 0. The molecule has 2 heterocycles. The second-order valence-electron chi connectivity index (χ2n) is 9.28. The number of nitrogens with zero attached hydrogens (tertiary/aromatic N) is 2. The van der Waals surface area contributed by atoms with E-state index in [4.69, 9.17) is 0 Å². The minimum atomic E-state index is -0.0807. The van der Waals surface area contributed by atoms with E-state index in [1.54, 1.807) is 12.4 Å². The maximum Gasteiger partial charge on any atom is 0.198 e. The first-order valence-electron chi connectivity index (χ1n) is 10.2. The second-order valence-corrected chi connectivity index (χ2v) is 9.28. The molecule has 1 aliphatic rings. The molecule has 0 amide bonds. The van der Waals surface area contributed by atoms with Crippen molar-refractivity contribution in [2.75, 3.05) is 11.9 Å². The summed E-state index contributed by atoms with van der Waals surface area (Å²) in [6.45, 7) is 12.9. The lowest BCUT2D eigenvalue weighted by molar-refractivity contribution is 0.103. The van der Waals surface area contributed by atoms with E-state index in [1.807, 2.05) is 19.2 Å². The Morgan fingerprint density at radius 1 is 1.29 bits per heavy atom. The molecular formula is C23H33N3O2. The molecule has 0 aliphatic heterocycles. The Morgan fingerprint density at radius 2 is 2.00 bits per heavy atom. The number of aromatic nitrogens is 2. The van der Waals surface area contributed by atoms with E-state index in [2.05, 4.69) is 49.5 Å². The molecule has 1 fully saturated rings. The highest BCUT2D eigenvalue weighted by Crippen LogP contribution is 2.34. The molecule has 5 nitrogen and oxygen atoms in total. The maximum atomic E-state index is 13.4. The average Bonchev–Trinajstić information content (AvgIpc) is 3.14. The summed E-state index contributed by atoms with van der Waals surface area (Å²) < 4.78 is 2.17. The van der Waals surface area contributed by atoms with Crippen molar-refractivity contribution in [3.05, 3.63) is 47.0 Å². The monoisotopic (exact) mass is 383 g/mol. The summed E-state index contributed by atoms with van der Waals surface area (Å²) in [6.07, 6.45) is 7.28. The minimum Gasteiger partial charge on any atom is -0.396 e. The molecule has 0 bridgehead atoms. The Morgan fingerprint density at radius 3 is 2.57 bits per heavy atom. The number of anilines is 1. The molecule has 3 atom stereocenters. The topological polar surface area (TPSA) is 67.2 Å². The smallest absolute Gasteiger partial charge is 0.198 e. The first-order chi connectivity index (χ1) is 13.1.